The van der Waals surface area contributed by atoms with Crippen LogP contribution in [-0.2, 0) is 12.8 Å². The number of nitrogens with zero attached hydrogens (tertiary/aromatic N) is 1. The molecule has 2 heteroatoms. The van der Waals surface area contributed by atoms with Gasteiger partial charge in [-0.3, -0.25) is 0 Å². The van der Waals surface area contributed by atoms with Crippen molar-refractivity contribution in [1.29, 1.82) is 0 Å². The summed E-state index contributed by atoms with van der Waals surface area (Å²) in [6, 6.07) is 22.2. The van der Waals surface area contributed by atoms with Crippen molar-refractivity contribution in [2.75, 3.05) is 6.54 Å². The average molecular weight is 511 g/mol. The largest absolute Gasteiger partial charge is 0.380 e. The Morgan fingerprint density at radius 1 is 0.842 bits per heavy atom. The van der Waals surface area contributed by atoms with Crippen LogP contribution in [0.2, 0.25) is 0 Å². The summed E-state index contributed by atoms with van der Waals surface area (Å²) in [5.74, 6) is 0.543. The molecule has 38 heavy (non-hydrogen) atoms. The molecule has 0 saturated heterocycles. The molecule has 2 nitrogen and oxygen atoms in total. The van der Waals surface area contributed by atoms with Gasteiger partial charge in [0.1, 0.15) is 0 Å². The molecular weight excluding hydrogens is 460 g/mol. The lowest BCUT2D eigenvalue weighted by atomic mass is 9.88. The van der Waals surface area contributed by atoms with E-state index in [9.17, 15) is 0 Å². The summed E-state index contributed by atoms with van der Waals surface area (Å²) >= 11 is 0. The summed E-state index contributed by atoms with van der Waals surface area (Å²) in [5.41, 5.74) is 7.45. The maximum absolute atomic E-state index is 4.57. The summed E-state index contributed by atoms with van der Waals surface area (Å²) in [7, 11) is 0. The molecule has 0 amide bonds. The van der Waals surface area contributed by atoms with Crippen LogP contribution in [0.3, 0.4) is 0 Å². The van der Waals surface area contributed by atoms with E-state index in [4.69, 9.17) is 0 Å². The molecule has 0 fully saturated rings. The summed E-state index contributed by atoms with van der Waals surface area (Å²) in [5, 5.41) is 6.17. The molecule has 0 aliphatic heterocycles. The van der Waals surface area contributed by atoms with Gasteiger partial charge in [0.25, 0.3) is 0 Å². The van der Waals surface area contributed by atoms with E-state index in [-0.39, 0.29) is 11.1 Å². The number of hydrogen-bond acceptors (Lipinski definition) is 2. The first-order valence-electron chi connectivity index (χ1n) is 14.3. The van der Waals surface area contributed by atoms with E-state index >= 15 is 0 Å². The Bertz CT molecular complexity index is 1250. The molecule has 3 aromatic rings. The van der Waals surface area contributed by atoms with E-state index in [0.29, 0.717) is 5.92 Å². The van der Waals surface area contributed by atoms with Crippen LogP contribution in [0.15, 0.2) is 73.8 Å². The van der Waals surface area contributed by atoms with Crippen molar-refractivity contribution in [1.82, 2.24) is 10.2 Å². The van der Waals surface area contributed by atoms with Crippen molar-refractivity contribution < 1.29 is 0 Å². The number of benzene rings is 3. The van der Waals surface area contributed by atoms with E-state index in [2.05, 4.69) is 139 Å². The monoisotopic (exact) mass is 510 g/mol. The van der Waals surface area contributed by atoms with E-state index in [0.717, 1.165) is 43.6 Å². The van der Waals surface area contributed by atoms with Gasteiger partial charge in [-0.1, -0.05) is 81.6 Å². The van der Waals surface area contributed by atoms with Crippen molar-refractivity contribution >= 4 is 22.2 Å². The van der Waals surface area contributed by atoms with Crippen LogP contribution < -0.4 is 5.32 Å². The molecular formula is C36H50N2. The van der Waals surface area contributed by atoms with Crippen LogP contribution in [0.4, 0.5) is 0 Å². The Morgan fingerprint density at radius 2 is 1.45 bits per heavy atom. The topological polar surface area (TPSA) is 15.3 Å². The van der Waals surface area contributed by atoms with Gasteiger partial charge in [0, 0.05) is 40.1 Å². The van der Waals surface area contributed by atoms with Gasteiger partial charge in [-0.15, -0.1) is 0 Å². The summed E-state index contributed by atoms with van der Waals surface area (Å²) < 4.78 is 0. The SMILES string of the molecule is C=C(NC(C)(C)C)c1cc2ccccc2cc1CCC(C)Cc1ccccc1C(=C)N(CCC)C(C)(C)C. The number of nitrogens with one attached hydrogen (secondary N) is 1. The normalized spacial score (nSPS) is 12.8. The first-order chi connectivity index (χ1) is 17.8. The minimum atomic E-state index is -0.0297. The summed E-state index contributed by atoms with van der Waals surface area (Å²) in [4.78, 5) is 2.46. The molecule has 0 aliphatic carbocycles. The molecule has 0 saturated carbocycles. The smallest absolute Gasteiger partial charge is 0.0373 e. The molecule has 0 aliphatic rings. The maximum Gasteiger partial charge on any atom is 0.0373 e. The van der Waals surface area contributed by atoms with Crippen LogP contribution in [0.5, 0.6) is 0 Å². The number of fused-ring (bicyclic) bond motifs is 1. The van der Waals surface area contributed by atoms with Gasteiger partial charge in [-0.05, 0) is 101 Å². The van der Waals surface area contributed by atoms with E-state index in [1.165, 1.54) is 33.0 Å². The first kappa shape index (κ1) is 29.6. The summed E-state index contributed by atoms with van der Waals surface area (Å²) in [6.45, 7) is 28.1. The van der Waals surface area contributed by atoms with Gasteiger partial charge in [0.15, 0.2) is 0 Å². The predicted molar refractivity (Wildman–Crippen MR) is 169 cm³/mol. The molecule has 3 rings (SSSR count). The predicted octanol–water partition coefficient (Wildman–Crippen LogP) is 9.49. The van der Waals surface area contributed by atoms with Gasteiger partial charge >= 0.3 is 0 Å². The van der Waals surface area contributed by atoms with Crippen LogP contribution in [0.25, 0.3) is 22.2 Å². The third kappa shape index (κ3) is 7.76. The molecule has 1 unspecified atom stereocenters. The van der Waals surface area contributed by atoms with Crippen molar-refractivity contribution in [3.8, 4) is 0 Å². The fourth-order valence-corrected chi connectivity index (χ4v) is 5.40. The van der Waals surface area contributed by atoms with Crippen molar-refractivity contribution in [2.45, 2.75) is 92.2 Å². The van der Waals surface area contributed by atoms with Crippen molar-refractivity contribution in [3.05, 3.63) is 96.1 Å². The molecule has 204 valence electrons. The molecule has 0 spiro atoms. The third-order valence-corrected chi connectivity index (χ3v) is 7.21. The highest BCUT2D eigenvalue weighted by molar-refractivity contribution is 5.87. The molecule has 1 atom stereocenters. The van der Waals surface area contributed by atoms with Crippen LogP contribution >= 0.6 is 0 Å². The second-order valence-electron chi connectivity index (χ2n) is 13.0. The maximum atomic E-state index is 4.57. The second-order valence-corrected chi connectivity index (χ2v) is 13.0. The fourth-order valence-electron chi connectivity index (χ4n) is 5.40. The minimum Gasteiger partial charge on any atom is -0.380 e. The number of aryl methyl sites for hydroxylation is 1. The zero-order valence-corrected chi connectivity index (χ0v) is 25.2. The minimum absolute atomic E-state index is 0.0297. The van der Waals surface area contributed by atoms with Gasteiger partial charge in [-0.25, -0.2) is 0 Å². The first-order valence-corrected chi connectivity index (χ1v) is 14.3. The average Bonchev–Trinajstić information content (AvgIpc) is 2.83. The molecule has 1 N–H and O–H groups in total. The Labute approximate surface area is 232 Å². The Balaban J connectivity index is 1.82. The third-order valence-electron chi connectivity index (χ3n) is 7.21. The number of rotatable bonds is 11. The van der Waals surface area contributed by atoms with Crippen LogP contribution in [0, 0.1) is 5.92 Å². The standard InChI is InChI=1S/C36H50N2/c1-11-22-38(36(8,9)10)28(4)33-19-15-14-18-31(33)23-26(2)20-21-32-24-29-16-12-13-17-30(29)25-34(32)27(3)37-35(5,6)7/h12-19,24-26,37H,3-4,11,20-23H2,1-2,5-10H3. The van der Waals surface area contributed by atoms with Crippen LogP contribution in [-0.4, -0.2) is 22.5 Å². The second kappa shape index (κ2) is 12.2. The van der Waals surface area contributed by atoms with E-state index in [1.807, 2.05) is 0 Å². The lowest BCUT2D eigenvalue weighted by Gasteiger charge is -2.39. The van der Waals surface area contributed by atoms with Crippen molar-refractivity contribution in [2.24, 2.45) is 5.92 Å². The highest BCUT2D eigenvalue weighted by Gasteiger charge is 2.24. The van der Waals surface area contributed by atoms with Gasteiger partial charge in [-0.2, -0.15) is 0 Å². The zero-order valence-electron chi connectivity index (χ0n) is 25.2. The van der Waals surface area contributed by atoms with Gasteiger partial charge < -0.3 is 10.2 Å². The Morgan fingerprint density at radius 3 is 2.05 bits per heavy atom. The van der Waals surface area contributed by atoms with Crippen molar-refractivity contribution in [3.63, 3.8) is 0 Å². The highest BCUT2D eigenvalue weighted by Crippen LogP contribution is 2.31. The van der Waals surface area contributed by atoms with Gasteiger partial charge in [0.05, 0.1) is 0 Å². The molecule has 0 bridgehead atoms. The molecule has 3 aromatic carbocycles. The lowest BCUT2D eigenvalue weighted by Crippen LogP contribution is -2.40. The fraction of sp³-hybridized carbons (Fsp3) is 0.444. The molecule has 0 radical (unpaired) electrons. The summed E-state index contributed by atoms with van der Waals surface area (Å²) in [6.07, 6.45) is 4.30. The Hall–Kier alpha value is -3.00. The number of hydrogen-bond donors (Lipinski definition) is 1. The molecule has 0 aromatic heterocycles. The highest BCUT2D eigenvalue weighted by atomic mass is 15.2. The lowest BCUT2D eigenvalue weighted by molar-refractivity contribution is 0.222. The zero-order chi connectivity index (χ0) is 28.1. The Kier molecular flexibility index (Phi) is 9.52. The van der Waals surface area contributed by atoms with Crippen LogP contribution in [0.1, 0.15) is 90.5 Å². The molecule has 0 heterocycles. The van der Waals surface area contributed by atoms with E-state index < -0.39 is 0 Å². The van der Waals surface area contributed by atoms with E-state index in [1.54, 1.807) is 0 Å². The van der Waals surface area contributed by atoms with Gasteiger partial charge in [0.2, 0.25) is 0 Å². The quantitative estimate of drug-likeness (QED) is 0.276.